The molecular formula is C33H32Cl2FN3O4. The largest absolute Gasteiger partial charge is 0.478 e. The van der Waals surface area contributed by atoms with Crippen molar-refractivity contribution in [2.45, 2.75) is 50.6 Å². The molecule has 3 aromatic carbocycles. The molecular weight excluding hydrogens is 592 g/mol. The molecule has 10 heteroatoms. The summed E-state index contributed by atoms with van der Waals surface area (Å²) in [6.45, 7) is 4.99. The van der Waals surface area contributed by atoms with Crippen LogP contribution in [0.2, 0.25) is 10.0 Å². The van der Waals surface area contributed by atoms with E-state index in [0.29, 0.717) is 47.4 Å². The molecule has 2 amide bonds. The zero-order chi connectivity index (χ0) is 30.6. The van der Waals surface area contributed by atoms with Crippen LogP contribution in [0.25, 0.3) is 0 Å². The SMILES string of the molecule is CC.O=C(O)c1ccc(N2CC[C@H]3[C@@H](C2=O)C(c2cccc(Cl)c2F)[C@]2(C(=O)Nc4cc(Cl)ccc42)N3CC2CC2)cc1. The van der Waals surface area contributed by atoms with Crippen molar-refractivity contribution in [3.05, 3.63) is 93.2 Å². The van der Waals surface area contributed by atoms with Crippen LogP contribution in [0.4, 0.5) is 15.8 Å². The summed E-state index contributed by atoms with van der Waals surface area (Å²) in [6.07, 6.45) is 2.62. The molecule has 2 saturated heterocycles. The molecule has 4 atom stereocenters. The highest BCUT2D eigenvalue weighted by Gasteiger charge is 2.70. The normalized spacial score (nSPS) is 26.1. The summed E-state index contributed by atoms with van der Waals surface area (Å²) in [4.78, 5) is 44.1. The van der Waals surface area contributed by atoms with Gasteiger partial charge in [0.25, 0.3) is 0 Å². The molecule has 3 aliphatic heterocycles. The number of carboxylic acids is 1. The molecule has 3 fully saturated rings. The van der Waals surface area contributed by atoms with Gasteiger partial charge in [-0.25, -0.2) is 9.18 Å². The number of anilines is 2. The number of hydrogen-bond donors (Lipinski definition) is 2. The molecule has 0 aromatic heterocycles. The van der Waals surface area contributed by atoms with E-state index in [1.54, 1.807) is 41.3 Å². The van der Waals surface area contributed by atoms with Crippen molar-refractivity contribution < 1.29 is 23.9 Å². The van der Waals surface area contributed by atoms with E-state index in [4.69, 9.17) is 23.2 Å². The highest BCUT2D eigenvalue weighted by atomic mass is 35.5. The maximum Gasteiger partial charge on any atom is 0.335 e. The van der Waals surface area contributed by atoms with Gasteiger partial charge in [-0.15, -0.1) is 0 Å². The molecule has 7 rings (SSSR count). The van der Waals surface area contributed by atoms with Gasteiger partial charge in [0, 0.05) is 47.0 Å². The quantitative estimate of drug-likeness (QED) is 0.321. The number of benzene rings is 3. The molecule has 4 aliphatic rings. The van der Waals surface area contributed by atoms with Crippen LogP contribution in [0.3, 0.4) is 0 Å². The number of nitrogens with zero attached hydrogens (tertiary/aromatic N) is 2. The monoisotopic (exact) mass is 623 g/mol. The Bertz CT molecular complexity index is 1610. The van der Waals surface area contributed by atoms with E-state index >= 15 is 4.39 Å². The van der Waals surface area contributed by atoms with E-state index in [9.17, 15) is 19.5 Å². The van der Waals surface area contributed by atoms with Crippen molar-refractivity contribution in [3.8, 4) is 0 Å². The minimum absolute atomic E-state index is 0.0750. The van der Waals surface area contributed by atoms with Gasteiger partial charge in [0.1, 0.15) is 11.4 Å². The molecule has 0 radical (unpaired) electrons. The first-order valence-corrected chi connectivity index (χ1v) is 15.4. The molecule has 0 bridgehead atoms. The third kappa shape index (κ3) is 4.62. The van der Waals surface area contributed by atoms with E-state index in [0.717, 1.165) is 12.8 Å². The van der Waals surface area contributed by atoms with Crippen LogP contribution in [-0.4, -0.2) is 46.9 Å². The predicted molar refractivity (Wildman–Crippen MR) is 164 cm³/mol. The zero-order valence-electron chi connectivity index (χ0n) is 23.8. The number of nitrogens with one attached hydrogen (secondary N) is 1. The first kappa shape index (κ1) is 29.6. The second-order valence-corrected chi connectivity index (χ2v) is 12.2. The number of fused-ring (bicyclic) bond motifs is 3. The molecule has 3 heterocycles. The van der Waals surface area contributed by atoms with Crippen LogP contribution in [0, 0.1) is 17.7 Å². The maximum absolute atomic E-state index is 16.0. The molecule has 2 N–H and O–H groups in total. The van der Waals surface area contributed by atoms with Crippen molar-refractivity contribution in [1.29, 1.82) is 0 Å². The Kier molecular flexibility index (Phi) is 7.73. The molecule has 1 spiro atoms. The predicted octanol–water partition coefficient (Wildman–Crippen LogP) is 6.94. The standard InChI is InChI=1S/C31H26Cl2FN3O4.C2H6/c32-18-8-11-21-23(14-18)35-30(41)31(21)26(20-2-1-3-22(33)27(20)34)25-24(37(31)15-16-4-5-16)12-13-36(28(25)38)19-9-6-17(7-10-19)29(39)40;1-2/h1-3,6-11,14,16,24-26H,4-5,12-13,15H2,(H,35,41)(H,39,40);1-2H3/t24-,25+,26?,31+;/m0./s1. The second kappa shape index (κ2) is 11.2. The first-order chi connectivity index (χ1) is 20.7. The lowest BCUT2D eigenvalue weighted by Gasteiger charge is -2.40. The number of halogens is 3. The van der Waals surface area contributed by atoms with E-state index in [1.807, 2.05) is 19.9 Å². The molecule has 224 valence electrons. The van der Waals surface area contributed by atoms with Gasteiger partial charge in [-0.05, 0) is 73.2 Å². The highest BCUT2D eigenvalue weighted by Crippen LogP contribution is 2.62. The Morgan fingerprint density at radius 1 is 1.05 bits per heavy atom. The van der Waals surface area contributed by atoms with Crippen LogP contribution >= 0.6 is 23.2 Å². The molecule has 1 saturated carbocycles. The number of likely N-dealkylation sites (tertiary alicyclic amines) is 1. The van der Waals surface area contributed by atoms with Gasteiger partial charge in [-0.2, -0.15) is 0 Å². The van der Waals surface area contributed by atoms with Crippen molar-refractivity contribution in [3.63, 3.8) is 0 Å². The lowest BCUT2D eigenvalue weighted by Crippen LogP contribution is -2.54. The Hall–Kier alpha value is -3.46. The summed E-state index contributed by atoms with van der Waals surface area (Å²) in [5, 5.41) is 12.7. The van der Waals surface area contributed by atoms with Crippen LogP contribution in [-0.2, 0) is 15.1 Å². The lowest BCUT2D eigenvalue weighted by molar-refractivity contribution is -0.128. The molecule has 1 unspecified atom stereocenters. The zero-order valence-corrected chi connectivity index (χ0v) is 25.3. The number of carbonyl (C=O) groups is 3. The number of hydrogen-bond acceptors (Lipinski definition) is 4. The average Bonchev–Trinajstić information content (AvgIpc) is 3.72. The summed E-state index contributed by atoms with van der Waals surface area (Å²) in [7, 11) is 0. The Morgan fingerprint density at radius 3 is 2.44 bits per heavy atom. The number of carboxylic acid groups (broad SMARTS) is 1. The van der Waals surface area contributed by atoms with Crippen molar-refractivity contribution >= 4 is 52.4 Å². The van der Waals surface area contributed by atoms with Gasteiger partial charge in [-0.1, -0.05) is 55.2 Å². The Morgan fingerprint density at radius 2 is 1.77 bits per heavy atom. The lowest BCUT2D eigenvalue weighted by atomic mass is 9.70. The van der Waals surface area contributed by atoms with Gasteiger partial charge in [0.2, 0.25) is 11.8 Å². The fourth-order valence-corrected chi connectivity index (χ4v) is 7.63. The van der Waals surface area contributed by atoms with Crippen LogP contribution in [0.15, 0.2) is 60.7 Å². The van der Waals surface area contributed by atoms with Gasteiger partial charge in [-0.3, -0.25) is 14.5 Å². The minimum atomic E-state index is -1.35. The molecule has 7 nitrogen and oxygen atoms in total. The Labute approximate surface area is 259 Å². The van der Waals surface area contributed by atoms with E-state index < -0.39 is 29.2 Å². The third-order valence-corrected chi connectivity index (χ3v) is 9.68. The minimum Gasteiger partial charge on any atom is -0.478 e. The number of carbonyl (C=O) groups excluding carboxylic acids is 2. The van der Waals surface area contributed by atoms with Gasteiger partial charge < -0.3 is 15.3 Å². The molecule has 3 aromatic rings. The van der Waals surface area contributed by atoms with Crippen LogP contribution in [0.5, 0.6) is 0 Å². The maximum atomic E-state index is 16.0. The van der Waals surface area contributed by atoms with Crippen LogP contribution < -0.4 is 10.2 Å². The number of rotatable bonds is 5. The topological polar surface area (TPSA) is 90.0 Å². The second-order valence-electron chi connectivity index (χ2n) is 11.4. The van der Waals surface area contributed by atoms with E-state index in [2.05, 4.69) is 10.2 Å². The first-order valence-electron chi connectivity index (χ1n) is 14.7. The summed E-state index contributed by atoms with van der Waals surface area (Å²) in [5.74, 6) is -3.49. The van der Waals surface area contributed by atoms with Crippen molar-refractivity contribution in [2.75, 3.05) is 23.3 Å². The molecule has 43 heavy (non-hydrogen) atoms. The summed E-state index contributed by atoms with van der Waals surface area (Å²) < 4.78 is 16.0. The fraction of sp³-hybridized carbons (Fsp3) is 0.364. The number of aromatic carboxylic acids is 1. The summed E-state index contributed by atoms with van der Waals surface area (Å²) in [6, 6.07) is 15.8. The fourth-order valence-electron chi connectivity index (χ4n) is 7.27. The summed E-state index contributed by atoms with van der Waals surface area (Å²) >= 11 is 12.6. The van der Waals surface area contributed by atoms with E-state index in [1.165, 1.54) is 18.2 Å². The van der Waals surface area contributed by atoms with E-state index in [-0.39, 0.29) is 34.0 Å². The van der Waals surface area contributed by atoms with Gasteiger partial charge in [0.15, 0.2) is 0 Å². The van der Waals surface area contributed by atoms with Gasteiger partial charge in [0.05, 0.1) is 16.5 Å². The van der Waals surface area contributed by atoms with Gasteiger partial charge >= 0.3 is 5.97 Å². The third-order valence-electron chi connectivity index (χ3n) is 9.16. The molecule has 1 aliphatic carbocycles. The number of amides is 2. The van der Waals surface area contributed by atoms with Crippen molar-refractivity contribution in [1.82, 2.24) is 4.90 Å². The van der Waals surface area contributed by atoms with Crippen molar-refractivity contribution in [2.24, 2.45) is 11.8 Å². The summed E-state index contributed by atoms with van der Waals surface area (Å²) in [5.41, 5.74) is 0.784. The Balaban J connectivity index is 0.00000161. The highest BCUT2D eigenvalue weighted by molar-refractivity contribution is 6.31. The number of piperidine rings is 1. The average molecular weight is 625 g/mol. The smallest absolute Gasteiger partial charge is 0.335 e. The van der Waals surface area contributed by atoms with Crippen LogP contribution in [0.1, 0.15) is 60.5 Å².